The minimum atomic E-state index is -0.174. The standard InChI is InChI=1S/C16H19N3O4/c1-11-17-14(23-18-11)12-4-5-16(22-12)6-8-19(9-7-16)15(20)13-3-2-10-21-13/h2-3,10,12H,4-9H2,1H3. The SMILES string of the molecule is Cc1noc(C2CCC3(CCN(C(=O)c4ccco4)CC3)O2)n1. The minimum Gasteiger partial charge on any atom is -0.459 e. The molecule has 1 amide bonds. The number of piperidine rings is 1. The molecule has 1 spiro atoms. The van der Waals surface area contributed by atoms with Crippen LogP contribution >= 0.6 is 0 Å². The van der Waals surface area contributed by atoms with Gasteiger partial charge in [0.2, 0.25) is 0 Å². The van der Waals surface area contributed by atoms with Gasteiger partial charge in [0.25, 0.3) is 11.8 Å². The lowest BCUT2D eigenvalue weighted by Gasteiger charge is -2.38. The molecule has 2 saturated heterocycles. The molecule has 2 aromatic rings. The molecule has 0 N–H and O–H groups in total. The van der Waals surface area contributed by atoms with E-state index in [-0.39, 0.29) is 17.6 Å². The van der Waals surface area contributed by atoms with Gasteiger partial charge < -0.3 is 18.6 Å². The number of carbonyl (C=O) groups excluding carboxylic acids is 1. The number of rotatable bonds is 2. The number of likely N-dealkylation sites (tertiary alicyclic amines) is 1. The molecule has 7 heteroatoms. The van der Waals surface area contributed by atoms with Crippen LogP contribution < -0.4 is 0 Å². The average Bonchev–Trinajstić information content (AvgIpc) is 3.28. The van der Waals surface area contributed by atoms with Crippen molar-refractivity contribution in [1.82, 2.24) is 15.0 Å². The highest BCUT2D eigenvalue weighted by Gasteiger charge is 2.45. The van der Waals surface area contributed by atoms with Gasteiger partial charge in [-0.3, -0.25) is 4.79 Å². The summed E-state index contributed by atoms with van der Waals surface area (Å²) in [4.78, 5) is 18.4. The van der Waals surface area contributed by atoms with E-state index in [1.807, 2.05) is 4.90 Å². The summed E-state index contributed by atoms with van der Waals surface area (Å²) < 4.78 is 16.7. The maximum atomic E-state index is 12.3. The Morgan fingerprint density at radius 2 is 2.17 bits per heavy atom. The fourth-order valence-electron chi connectivity index (χ4n) is 3.47. The second kappa shape index (κ2) is 5.49. The largest absolute Gasteiger partial charge is 0.459 e. The summed E-state index contributed by atoms with van der Waals surface area (Å²) in [6.45, 7) is 3.15. The van der Waals surface area contributed by atoms with Gasteiger partial charge in [-0.05, 0) is 44.7 Å². The number of hydrogen-bond donors (Lipinski definition) is 0. The zero-order valence-corrected chi connectivity index (χ0v) is 13.0. The summed E-state index contributed by atoms with van der Waals surface area (Å²) in [5.41, 5.74) is -0.174. The van der Waals surface area contributed by atoms with Gasteiger partial charge in [0.05, 0.1) is 11.9 Å². The first-order chi connectivity index (χ1) is 11.2. The minimum absolute atomic E-state index is 0.0491. The smallest absolute Gasteiger partial charge is 0.289 e. The molecule has 0 radical (unpaired) electrons. The molecule has 0 aliphatic carbocycles. The lowest BCUT2D eigenvalue weighted by atomic mass is 9.88. The van der Waals surface area contributed by atoms with E-state index in [4.69, 9.17) is 13.7 Å². The van der Waals surface area contributed by atoms with Crippen molar-refractivity contribution < 1.29 is 18.5 Å². The van der Waals surface area contributed by atoms with Gasteiger partial charge >= 0.3 is 0 Å². The molecule has 4 heterocycles. The molecule has 122 valence electrons. The third kappa shape index (κ3) is 2.65. The fraction of sp³-hybridized carbons (Fsp3) is 0.562. The van der Waals surface area contributed by atoms with E-state index in [1.165, 1.54) is 6.26 Å². The molecule has 1 unspecified atom stereocenters. The van der Waals surface area contributed by atoms with E-state index in [0.717, 1.165) is 25.7 Å². The topological polar surface area (TPSA) is 81.6 Å². The molecular weight excluding hydrogens is 298 g/mol. The van der Waals surface area contributed by atoms with Gasteiger partial charge in [-0.15, -0.1) is 0 Å². The first kappa shape index (κ1) is 14.4. The first-order valence-corrected chi connectivity index (χ1v) is 7.96. The van der Waals surface area contributed by atoms with E-state index in [0.29, 0.717) is 30.6 Å². The van der Waals surface area contributed by atoms with Gasteiger partial charge in [0.1, 0.15) is 6.10 Å². The van der Waals surface area contributed by atoms with Crippen molar-refractivity contribution in [2.24, 2.45) is 0 Å². The van der Waals surface area contributed by atoms with Crippen LogP contribution in [0.1, 0.15) is 54.1 Å². The average molecular weight is 317 g/mol. The summed E-state index contributed by atoms with van der Waals surface area (Å²) in [6.07, 6.45) is 4.89. The summed E-state index contributed by atoms with van der Waals surface area (Å²) in [5, 5.41) is 3.83. The predicted molar refractivity (Wildman–Crippen MR) is 78.7 cm³/mol. The molecular formula is C16H19N3O4. The Hall–Kier alpha value is -2.15. The summed E-state index contributed by atoms with van der Waals surface area (Å²) in [5.74, 6) is 1.54. The van der Waals surface area contributed by atoms with Crippen molar-refractivity contribution in [1.29, 1.82) is 0 Å². The zero-order valence-electron chi connectivity index (χ0n) is 13.0. The molecule has 2 aromatic heterocycles. The molecule has 1 atom stereocenters. The van der Waals surface area contributed by atoms with Crippen molar-refractivity contribution in [2.45, 2.75) is 44.3 Å². The fourth-order valence-corrected chi connectivity index (χ4v) is 3.47. The first-order valence-electron chi connectivity index (χ1n) is 7.96. The maximum absolute atomic E-state index is 12.3. The van der Waals surface area contributed by atoms with E-state index in [2.05, 4.69) is 10.1 Å². The second-order valence-electron chi connectivity index (χ2n) is 6.28. The van der Waals surface area contributed by atoms with Crippen molar-refractivity contribution in [2.75, 3.05) is 13.1 Å². The van der Waals surface area contributed by atoms with Crippen molar-refractivity contribution in [3.63, 3.8) is 0 Å². The number of nitrogens with zero attached hydrogens (tertiary/aromatic N) is 3. The molecule has 0 aromatic carbocycles. The second-order valence-corrected chi connectivity index (χ2v) is 6.28. The molecule has 0 saturated carbocycles. The molecule has 4 rings (SSSR count). The Balaban J connectivity index is 1.39. The quantitative estimate of drug-likeness (QED) is 0.846. The van der Waals surface area contributed by atoms with Crippen LogP contribution in [0, 0.1) is 6.92 Å². The van der Waals surface area contributed by atoms with E-state index in [1.54, 1.807) is 19.1 Å². The predicted octanol–water partition coefficient (Wildman–Crippen LogP) is 2.50. The number of aryl methyl sites for hydroxylation is 1. The van der Waals surface area contributed by atoms with Crippen LogP contribution in [0.25, 0.3) is 0 Å². The van der Waals surface area contributed by atoms with Gasteiger partial charge in [0.15, 0.2) is 11.6 Å². The van der Waals surface area contributed by atoms with E-state index >= 15 is 0 Å². The van der Waals surface area contributed by atoms with Crippen LogP contribution in [-0.2, 0) is 4.74 Å². The number of amides is 1. The van der Waals surface area contributed by atoms with Gasteiger partial charge in [-0.1, -0.05) is 5.16 Å². The molecule has 2 aliphatic rings. The van der Waals surface area contributed by atoms with Crippen molar-refractivity contribution >= 4 is 5.91 Å². The van der Waals surface area contributed by atoms with Crippen LogP contribution in [0.5, 0.6) is 0 Å². The number of carbonyl (C=O) groups is 1. The van der Waals surface area contributed by atoms with Crippen LogP contribution in [0.4, 0.5) is 0 Å². The Kier molecular flexibility index (Phi) is 3.45. The highest BCUT2D eigenvalue weighted by Crippen LogP contribution is 2.44. The lowest BCUT2D eigenvalue weighted by Crippen LogP contribution is -2.46. The van der Waals surface area contributed by atoms with Crippen LogP contribution in [-0.4, -0.2) is 39.6 Å². The normalized spacial score (nSPS) is 23.5. The summed E-state index contributed by atoms with van der Waals surface area (Å²) in [6, 6.07) is 3.43. The van der Waals surface area contributed by atoms with Crippen molar-refractivity contribution in [3.05, 3.63) is 35.9 Å². The monoisotopic (exact) mass is 317 g/mol. The molecule has 23 heavy (non-hydrogen) atoms. The molecule has 0 bridgehead atoms. The van der Waals surface area contributed by atoms with Crippen LogP contribution in [0.15, 0.2) is 27.3 Å². The Morgan fingerprint density at radius 1 is 1.35 bits per heavy atom. The third-order valence-electron chi connectivity index (χ3n) is 4.77. The summed E-state index contributed by atoms with van der Waals surface area (Å²) in [7, 11) is 0. The van der Waals surface area contributed by atoms with Crippen molar-refractivity contribution in [3.8, 4) is 0 Å². The Bertz CT molecular complexity index is 686. The van der Waals surface area contributed by atoms with Crippen LogP contribution in [0.3, 0.4) is 0 Å². The number of hydrogen-bond acceptors (Lipinski definition) is 6. The van der Waals surface area contributed by atoms with E-state index < -0.39 is 0 Å². The number of furan rings is 1. The Morgan fingerprint density at radius 3 is 2.83 bits per heavy atom. The molecule has 7 nitrogen and oxygen atoms in total. The number of ether oxygens (including phenoxy) is 1. The van der Waals surface area contributed by atoms with Crippen LogP contribution in [0.2, 0.25) is 0 Å². The molecule has 2 fully saturated rings. The van der Waals surface area contributed by atoms with E-state index in [9.17, 15) is 4.79 Å². The molecule has 2 aliphatic heterocycles. The maximum Gasteiger partial charge on any atom is 0.289 e. The number of aromatic nitrogens is 2. The summed E-state index contributed by atoms with van der Waals surface area (Å²) >= 11 is 0. The lowest BCUT2D eigenvalue weighted by molar-refractivity contribution is -0.0822. The third-order valence-corrected chi connectivity index (χ3v) is 4.77. The van der Waals surface area contributed by atoms with Gasteiger partial charge in [-0.2, -0.15) is 4.98 Å². The van der Waals surface area contributed by atoms with Gasteiger partial charge in [-0.25, -0.2) is 0 Å². The zero-order chi connectivity index (χ0) is 15.9. The highest BCUT2D eigenvalue weighted by atomic mass is 16.5. The Labute approximate surface area is 133 Å². The highest BCUT2D eigenvalue weighted by molar-refractivity contribution is 5.91. The van der Waals surface area contributed by atoms with Gasteiger partial charge in [0, 0.05) is 13.1 Å².